The Morgan fingerprint density at radius 3 is 2.50 bits per heavy atom. The maximum absolute atomic E-state index is 12.5. The van der Waals surface area contributed by atoms with E-state index >= 15 is 0 Å². The third-order valence-corrected chi connectivity index (χ3v) is 4.18. The van der Waals surface area contributed by atoms with Crippen molar-refractivity contribution in [1.29, 1.82) is 0 Å². The van der Waals surface area contributed by atoms with Crippen molar-refractivity contribution in [2.45, 2.75) is 51.7 Å². The number of amides is 2. The number of hydrogen-bond donors (Lipinski definition) is 1. The molecule has 0 bridgehead atoms. The van der Waals surface area contributed by atoms with Crippen LogP contribution in [0.15, 0.2) is 12.3 Å². The van der Waals surface area contributed by atoms with Gasteiger partial charge in [-0.15, -0.1) is 0 Å². The predicted molar refractivity (Wildman–Crippen MR) is 74.7 cm³/mol. The van der Waals surface area contributed by atoms with Gasteiger partial charge in [-0.1, -0.05) is 13.8 Å². The van der Waals surface area contributed by atoms with Crippen LogP contribution in [0.4, 0.5) is 0 Å². The van der Waals surface area contributed by atoms with Crippen LogP contribution in [0.2, 0.25) is 0 Å². The first-order chi connectivity index (χ1) is 9.44. The van der Waals surface area contributed by atoms with Gasteiger partial charge in [0.1, 0.15) is 11.6 Å². The Balaban J connectivity index is 2.36. The molecule has 1 fully saturated rings. The first-order valence-corrected chi connectivity index (χ1v) is 7.05. The minimum absolute atomic E-state index is 0.0426. The highest BCUT2D eigenvalue weighted by Crippen LogP contribution is 2.30. The third kappa shape index (κ3) is 2.19. The van der Waals surface area contributed by atoms with E-state index in [0.29, 0.717) is 19.4 Å². The van der Waals surface area contributed by atoms with Gasteiger partial charge in [0.15, 0.2) is 0 Å². The Kier molecular flexibility index (Phi) is 3.83. The molecule has 0 aromatic carbocycles. The Hall–Kier alpha value is -1.85. The molecule has 6 nitrogen and oxygen atoms in total. The Bertz CT molecular complexity index is 519. The molecule has 0 spiro atoms. The second-order valence-corrected chi connectivity index (χ2v) is 5.34. The molecule has 2 rings (SSSR count). The van der Waals surface area contributed by atoms with Crippen molar-refractivity contribution < 1.29 is 9.59 Å². The number of nitrogens with zero attached hydrogens (tertiary/aromatic N) is 3. The molecule has 1 unspecified atom stereocenters. The van der Waals surface area contributed by atoms with E-state index in [1.54, 1.807) is 16.5 Å². The topological polar surface area (TPSA) is 67.2 Å². The molecule has 0 radical (unpaired) electrons. The molecular weight excluding hydrogens is 256 g/mol. The molecule has 1 aromatic heterocycles. The number of carbonyl (C=O) groups excluding carboxylic acids is 2. The molecule has 0 saturated carbocycles. The molecule has 20 heavy (non-hydrogen) atoms. The largest absolute Gasteiger partial charge is 0.343 e. The van der Waals surface area contributed by atoms with E-state index in [-0.39, 0.29) is 11.8 Å². The van der Waals surface area contributed by atoms with Gasteiger partial charge in [-0.3, -0.25) is 14.3 Å². The van der Waals surface area contributed by atoms with Crippen LogP contribution >= 0.6 is 0 Å². The number of aromatic nitrogens is 2. The van der Waals surface area contributed by atoms with Crippen molar-refractivity contribution in [1.82, 2.24) is 20.0 Å². The molecule has 0 aliphatic carbocycles. The van der Waals surface area contributed by atoms with E-state index < -0.39 is 11.6 Å². The van der Waals surface area contributed by atoms with Crippen molar-refractivity contribution in [2.24, 2.45) is 7.05 Å². The number of rotatable bonds is 4. The average Bonchev–Trinajstić information content (AvgIpc) is 2.82. The lowest BCUT2D eigenvalue weighted by molar-refractivity contribution is -0.158. The first-order valence-electron chi connectivity index (χ1n) is 7.05. The summed E-state index contributed by atoms with van der Waals surface area (Å²) in [4.78, 5) is 26.6. The molecule has 1 aliphatic rings. The summed E-state index contributed by atoms with van der Waals surface area (Å²) in [6.07, 6.45) is 3.04. The van der Waals surface area contributed by atoms with Gasteiger partial charge >= 0.3 is 0 Å². The fourth-order valence-corrected chi connectivity index (χ4v) is 2.85. The Labute approximate surface area is 119 Å². The second-order valence-electron chi connectivity index (χ2n) is 5.34. The number of nitrogens with one attached hydrogen (secondary N) is 1. The van der Waals surface area contributed by atoms with Crippen molar-refractivity contribution in [2.75, 3.05) is 0 Å². The smallest absolute Gasteiger partial charge is 0.246 e. The lowest BCUT2D eigenvalue weighted by Gasteiger charge is -2.46. The van der Waals surface area contributed by atoms with E-state index in [2.05, 4.69) is 10.4 Å². The molecule has 1 aliphatic heterocycles. The molecule has 6 heteroatoms. The summed E-state index contributed by atoms with van der Waals surface area (Å²) in [5.74, 6) is -0.107. The van der Waals surface area contributed by atoms with E-state index in [9.17, 15) is 9.59 Å². The molecule has 1 aromatic rings. The summed E-state index contributed by atoms with van der Waals surface area (Å²) < 4.78 is 1.70. The summed E-state index contributed by atoms with van der Waals surface area (Å²) in [6, 6.07) is 1.40. The molecule has 1 saturated heterocycles. The van der Waals surface area contributed by atoms with E-state index in [0.717, 1.165) is 5.69 Å². The third-order valence-electron chi connectivity index (χ3n) is 4.18. The SMILES string of the molecule is CCC1(CC)C(=O)NC(C)C(=O)N1Cc1ccn(C)n1. The summed E-state index contributed by atoms with van der Waals surface area (Å²) in [7, 11) is 1.84. The van der Waals surface area contributed by atoms with Crippen LogP contribution in [-0.2, 0) is 23.2 Å². The number of aryl methyl sites for hydroxylation is 1. The highest BCUT2D eigenvalue weighted by Gasteiger charge is 2.49. The maximum atomic E-state index is 12.5. The average molecular weight is 278 g/mol. The first kappa shape index (κ1) is 14.6. The molecule has 2 amide bonds. The van der Waals surface area contributed by atoms with Crippen LogP contribution in [0.3, 0.4) is 0 Å². The van der Waals surface area contributed by atoms with Crippen LogP contribution in [0.1, 0.15) is 39.3 Å². The summed E-state index contributed by atoms with van der Waals surface area (Å²) >= 11 is 0. The molecular formula is C14H22N4O2. The van der Waals surface area contributed by atoms with Gasteiger partial charge in [-0.05, 0) is 25.8 Å². The molecule has 1 atom stereocenters. The highest BCUT2D eigenvalue weighted by molar-refractivity contribution is 5.99. The van der Waals surface area contributed by atoms with Crippen LogP contribution in [0.25, 0.3) is 0 Å². The minimum Gasteiger partial charge on any atom is -0.343 e. The summed E-state index contributed by atoms with van der Waals surface area (Å²) in [5.41, 5.74) is 0.0372. The van der Waals surface area contributed by atoms with Gasteiger partial charge in [0.25, 0.3) is 0 Å². The van der Waals surface area contributed by atoms with Crippen molar-refractivity contribution in [3.05, 3.63) is 18.0 Å². The van der Waals surface area contributed by atoms with Crippen LogP contribution in [-0.4, -0.2) is 38.1 Å². The summed E-state index contributed by atoms with van der Waals surface area (Å²) in [6.45, 7) is 5.98. The van der Waals surface area contributed by atoms with Gasteiger partial charge in [-0.25, -0.2) is 0 Å². The monoisotopic (exact) mass is 278 g/mol. The maximum Gasteiger partial charge on any atom is 0.246 e. The lowest BCUT2D eigenvalue weighted by Crippen LogP contribution is -2.69. The van der Waals surface area contributed by atoms with Gasteiger partial charge in [0.2, 0.25) is 11.8 Å². The van der Waals surface area contributed by atoms with Crippen LogP contribution in [0.5, 0.6) is 0 Å². The zero-order valence-electron chi connectivity index (χ0n) is 12.5. The van der Waals surface area contributed by atoms with Crippen molar-refractivity contribution >= 4 is 11.8 Å². The van der Waals surface area contributed by atoms with Crippen molar-refractivity contribution in [3.63, 3.8) is 0 Å². The standard InChI is InChI=1S/C14H22N4O2/c1-5-14(6-2)13(20)15-10(3)12(19)18(14)9-11-7-8-17(4)16-11/h7-8,10H,5-6,9H2,1-4H3,(H,15,20). The van der Waals surface area contributed by atoms with E-state index in [4.69, 9.17) is 0 Å². The number of carbonyl (C=O) groups is 2. The Morgan fingerprint density at radius 1 is 1.35 bits per heavy atom. The predicted octanol–water partition coefficient (Wildman–Crippen LogP) is 0.826. The van der Waals surface area contributed by atoms with Gasteiger partial charge < -0.3 is 10.2 Å². The molecule has 2 heterocycles. The van der Waals surface area contributed by atoms with Crippen LogP contribution in [0, 0.1) is 0 Å². The van der Waals surface area contributed by atoms with Crippen LogP contribution < -0.4 is 5.32 Å². The van der Waals surface area contributed by atoms with Gasteiger partial charge in [0.05, 0.1) is 12.2 Å². The number of hydrogen-bond acceptors (Lipinski definition) is 3. The quantitative estimate of drug-likeness (QED) is 0.887. The number of piperazine rings is 1. The highest BCUT2D eigenvalue weighted by atomic mass is 16.2. The van der Waals surface area contributed by atoms with E-state index in [1.165, 1.54) is 0 Å². The fourth-order valence-electron chi connectivity index (χ4n) is 2.85. The minimum atomic E-state index is -0.763. The molecule has 110 valence electrons. The van der Waals surface area contributed by atoms with Crippen molar-refractivity contribution in [3.8, 4) is 0 Å². The van der Waals surface area contributed by atoms with Gasteiger partial charge in [-0.2, -0.15) is 5.10 Å². The summed E-state index contributed by atoms with van der Waals surface area (Å²) in [5, 5.41) is 7.10. The normalized spacial score (nSPS) is 22.0. The lowest BCUT2D eigenvalue weighted by atomic mass is 9.86. The fraction of sp³-hybridized carbons (Fsp3) is 0.643. The second kappa shape index (κ2) is 5.26. The zero-order chi connectivity index (χ0) is 14.9. The van der Waals surface area contributed by atoms with E-state index in [1.807, 2.05) is 33.2 Å². The van der Waals surface area contributed by atoms with Gasteiger partial charge in [0, 0.05) is 13.2 Å². The molecule has 1 N–H and O–H groups in total. The zero-order valence-corrected chi connectivity index (χ0v) is 12.5. The Morgan fingerprint density at radius 2 is 2.00 bits per heavy atom.